The molecule has 0 unspecified atom stereocenters. The topological polar surface area (TPSA) is 63.1 Å². The second-order valence-corrected chi connectivity index (χ2v) is 8.64. The van der Waals surface area contributed by atoms with Crippen LogP contribution in [0, 0.1) is 23.0 Å². The van der Waals surface area contributed by atoms with Crippen LogP contribution in [0.1, 0.15) is 17.5 Å². The molecule has 7 heteroatoms. The molecule has 0 aliphatic carbocycles. The number of carbonyl (C=O) groups excluding carboxylic acids is 1. The first kappa shape index (κ1) is 22.6. The summed E-state index contributed by atoms with van der Waals surface area (Å²) in [7, 11) is 0. The monoisotopic (exact) mass is 470 g/mol. The van der Waals surface area contributed by atoms with Crippen molar-refractivity contribution in [3.8, 4) is 17.3 Å². The van der Waals surface area contributed by atoms with Gasteiger partial charge in [0.2, 0.25) is 5.91 Å². The molecule has 176 valence electrons. The number of aromatic amines is 1. The van der Waals surface area contributed by atoms with Crippen molar-refractivity contribution >= 4 is 22.5 Å². The van der Waals surface area contributed by atoms with Crippen molar-refractivity contribution in [2.24, 2.45) is 0 Å². The van der Waals surface area contributed by atoms with E-state index >= 15 is 0 Å². The van der Waals surface area contributed by atoms with Gasteiger partial charge >= 0.3 is 0 Å². The number of carbonyl (C=O) groups is 1. The molecule has 1 saturated heterocycles. The Morgan fingerprint density at radius 1 is 0.943 bits per heavy atom. The fraction of sp³-hybridized carbons (Fsp3) is 0.214. The molecule has 1 fully saturated rings. The van der Waals surface area contributed by atoms with E-state index in [1.54, 1.807) is 24.3 Å². The van der Waals surface area contributed by atoms with Crippen LogP contribution < -0.4 is 4.90 Å². The lowest BCUT2D eigenvalue weighted by molar-refractivity contribution is -0.131. The zero-order valence-corrected chi connectivity index (χ0v) is 19.1. The molecular weight excluding hydrogens is 446 g/mol. The third-order valence-corrected chi connectivity index (χ3v) is 6.61. The lowest BCUT2D eigenvalue weighted by atomic mass is 10.0. The van der Waals surface area contributed by atoms with E-state index in [2.05, 4.69) is 4.98 Å². The Bertz CT molecular complexity index is 1410. The Kier molecular flexibility index (Phi) is 6.19. The summed E-state index contributed by atoms with van der Waals surface area (Å²) < 4.78 is 27.5. The highest BCUT2D eigenvalue weighted by Crippen LogP contribution is 2.32. The van der Waals surface area contributed by atoms with E-state index in [-0.39, 0.29) is 17.3 Å². The van der Waals surface area contributed by atoms with E-state index in [0.29, 0.717) is 44.7 Å². The number of hydrogen-bond acceptors (Lipinski definition) is 3. The second kappa shape index (κ2) is 9.59. The molecule has 0 spiro atoms. The number of halogens is 2. The van der Waals surface area contributed by atoms with Crippen molar-refractivity contribution in [2.45, 2.75) is 12.8 Å². The highest BCUT2D eigenvalue weighted by molar-refractivity contribution is 5.91. The minimum Gasteiger partial charge on any atom is -0.367 e. The molecule has 0 radical (unpaired) electrons. The van der Waals surface area contributed by atoms with Crippen molar-refractivity contribution in [1.82, 2.24) is 9.88 Å². The van der Waals surface area contributed by atoms with Gasteiger partial charge in [0.25, 0.3) is 0 Å². The van der Waals surface area contributed by atoms with Gasteiger partial charge in [-0.05, 0) is 60.0 Å². The number of aromatic nitrogens is 1. The fourth-order valence-corrected chi connectivity index (χ4v) is 4.80. The van der Waals surface area contributed by atoms with Gasteiger partial charge in [0.05, 0.1) is 5.69 Å². The minimum absolute atomic E-state index is 0.0416. The van der Waals surface area contributed by atoms with Crippen LogP contribution in [0.4, 0.5) is 14.5 Å². The Morgan fingerprint density at radius 2 is 1.69 bits per heavy atom. The summed E-state index contributed by atoms with van der Waals surface area (Å²) in [5, 5.41) is 10.4. The van der Waals surface area contributed by atoms with Crippen molar-refractivity contribution < 1.29 is 13.6 Å². The van der Waals surface area contributed by atoms with E-state index in [0.717, 1.165) is 27.7 Å². The quantitative estimate of drug-likeness (QED) is 0.433. The van der Waals surface area contributed by atoms with Crippen LogP contribution >= 0.6 is 0 Å². The smallest absolute Gasteiger partial charge is 0.223 e. The van der Waals surface area contributed by atoms with Crippen LogP contribution in [0.3, 0.4) is 0 Å². The Labute approximate surface area is 202 Å². The van der Waals surface area contributed by atoms with Gasteiger partial charge in [-0.2, -0.15) is 5.26 Å². The lowest BCUT2D eigenvalue weighted by Crippen LogP contribution is -2.49. The van der Waals surface area contributed by atoms with Crippen LogP contribution in [0.5, 0.6) is 0 Å². The molecule has 5 rings (SSSR count). The molecule has 1 aliphatic heterocycles. The Morgan fingerprint density at radius 3 is 2.43 bits per heavy atom. The van der Waals surface area contributed by atoms with Crippen molar-refractivity contribution in [3.05, 3.63) is 89.5 Å². The number of nitrogens with one attached hydrogen (secondary N) is 1. The molecule has 1 N–H and O–H groups in total. The summed E-state index contributed by atoms with van der Waals surface area (Å²) in [6.45, 7) is 2.10. The normalized spacial score (nSPS) is 13.7. The first-order chi connectivity index (χ1) is 17.0. The van der Waals surface area contributed by atoms with E-state index in [1.807, 2.05) is 40.1 Å². The number of H-pyrrole nitrogens is 1. The van der Waals surface area contributed by atoms with Gasteiger partial charge in [-0.15, -0.1) is 0 Å². The number of aryl methyl sites for hydroxylation is 1. The Balaban J connectivity index is 1.29. The van der Waals surface area contributed by atoms with Gasteiger partial charge < -0.3 is 14.8 Å². The largest absolute Gasteiger partial charge is 0.367 e. The maximum absolute atomic E-state index is 14.0. The number of piperazine rings is 1. The summed E-state index contributed by atoms with van der Waals surface area (Å²) >= 11 is 0. The van der Waals surface area contributed by atoms with E-state index in [1.165, 1.54) is 18.2 Å². The van der Waals surface area contributed by atoms with Crippen molar-refractivity contribution in [1.29, 1.82) is 5.26 Å². The van der Waals surface area contributed by atoms with Crippen molar-refractivity contribution in [3.63, 3.8) is 0 Å². The maximum Gasteiger partial charge on any atom is 0.223 e. The van der Waals surface area contributed by atoms with Gasteiger partial charge in [0.15, 0.2) is 0 Å². The minimum atomic E-state index is -0.529. The average molecular weight is 471 g/mol. The number of hydrogen-bond donors (Lipinski definition) is 1. The van der Waals surface area contributed by atoms with Crippen LogP contribution in [0.25, 0.3) is 22.2 Å². The van der Waals surface area contributed by atoms with Gasteiger partial charge in [-0.25, -0.2) is 8.78 Å². The summed E-state index contributed by atoms with van der Waals surface area (Å²) in [5.41, 5.74) is 4.41. The summed E-state index contributed by atoms with van der Waals surface area (Å²) in [4.78, 5) is 20.3. The molecule has 1 aliphatic rings. The van der Waals surface area contributed by atoms with Gasteiger partial charge in [0, 0.05) is 49.2 Å². The predicted octanol–water partition coefficient (Wildman–Crippen LogP) is 5.27. The molecule has 35 heavy (non-hydrogen) atoms. The number of amides is 1. The predicted molar refractivity (Wildman–Crippen MR) is 132 cm³/mol. The summed E-state index contributed by atoms with van der Waals surface area (Å²) in [5.74, 6) is -0.764. The van der Waals surface area contributed by atoms with Gasteiger partial charge in [-0.1, -0.05) is 24.3 Å². The summed E-state index contributed by atoms with van der Waals surface area (Å²) in [6.07, 6.45) is 0.900. The molecule has 4 aromatic rings. The maximum atomic E-state index is 14.0. The SMILES string of the molecule is N#Cc1c(F)cccc1N1CCN(C(=O)CCc2c(-c3ccc(F)cc3)[nH]c3ccccc23)CC1. The van der Waals surface area contributed by atoms with Crippen LogP contribution in [-0.4, -0.2) is 42.0 Å². The molecule has 5 nitrogen and oxygen atoms in total. The molecule has 2 heterocycles. The third-order valence-electron chi connectivity index (χ3n) is 6.61. The standard InChI is InChI=1S/C28H24F2N4O/c29-20-10-8-19(9-11-20)28-22(21-4-1-2-6-25(21)32-28)12-13-27(35)34-16-14-33(15-17-34)26-7-3-5-24(30)23(26)18-31/h1-11,32H,12-17H2. The molecular formula is C28H24F2N4O. The lowest BCUT2D eigenvalue weighted by Gasteiger charge is -2.36. The highest BCUT2D eigenvalue weighted by atomic mass is 19.1. The molecule has 1 aromatic heterocycles. The fourth-order valence-electron chi connectivity index (χ4n) is 4.80. The van der Waals surface area contributed by atoms with Gasteiger partial charge in [0.1, 0.15) is 23.3 Å². The molecule has 0 atom stereocenters. The number of nitrogens with zero attached hydrogens (tertiary/aromatic N) is 3. The van der Waals surface area contributed by atoms with E-state index < -0.39 is 5.82 Å². The van der Waals surface area contributed by atoms with E-state index in [9.17, 15) is 18.8 Å². The number of rotatable bonds is 5. The zero-order chi connectivity index (χ0) is 24.4. The summed E-state index contributed by atoms with van der Waals surface area (Å²) in [6, 6.07) is 20.9. The second-order valence-electron chi connectivity index (χ2n) is 8.64. The number of benzene rings is 3. The first-order valence-corrected chi connectivity index (χ1v) is 11.6. The molecule has 1 amide bonds. The highest BCUT2D eigenvalue weighted by Gasteiger charge is 2.24. The Hall–Kier alpha value is -4.18. The van der Waals surface area contributed by atoms with Crippen LogP contribution in [0.2, 0.25) is 0 Å². The van der Waals surface area contributed by atoms with Crippen molar-refractivity contribution in [2.75, 3.05) is 31.1 Å². The third kappa shape index (κ3) is 4.47. The average Bonchev–Trinajstić information content (AvgIpc) is 3.26. The zero-order valence-electron chi connectivity index (χ0n) is 19.1. The number of fused-ring (bicyclic) bond motifs is 1. The van der Waals surface area contributed by atoms with E-state index in [4.69, 9.17) is 0 Å². The number of para-hydroxylation sites is 1. The van der Waals surface area contributed by atoms with Gasteiger partial charge in [-0.3, -0.25) is 4.79 Å². The van der Waals surface area contributed by atoms with Crippen LogP contribution in [0.15, 0.2) is 66.7 Å². The van der Waals surface area contributed by atoms with Crippen LogP contribution in [-0.2, 0) is 11.2 Å². The number of nitriles is 1. The number of anilines is 1. The first-order valence-electron chi connectivity index (χ1n) is 11.6. The molecule has 0 bridgehead atoms. The molecule has 0 saturated carbocycles. The molecule has 3 aromatic carbocycles.